The Labute approximate surface area is 234 Å². The molecule has 2 amide bonds. The van der Waals surface area contributed by atoms with Gasteiger partial charge in [0, 0.05) is 37.5 Å². The molecule has 0 radical (unpaired) electrons. The summed E-state index contributed by atoms with van der Waals surface area (Å²) < 4.78 is 53.3. The summed E-state index contributed by atoms with van der Waals surface area (Å²) in [6, 6.07) is 5.09. The maximum absolute atomic E-state index is 13.2. The van der Waals surface area contributed by atoms with Crippen LogP contribution in [0.1, 0.15) is 41.4 Å². The Morgan fingerprint density at radius 2 is 1.98 bits per heavy atom. The van der Waals surface area contributed by atoms with Gasteiger partial charge in [0.25, 0.3) is 5.91 Å². The van der Waals surface area contributed by atoms with Crippen LogP contribution in [0, 0.1) is 0 Å². The van der Waals surface area contributed by atoms with Crippen molar-refractivity contribution in [2.75, 3.05) is 52.3 Å². The van der Waals surface area contributed by atoms with Crippen molar-refractivity contribution in [3.8, 4) is 11.5 Å². The average molecular weight is 573 g/mol. The number of pyridine rings is 1. The van der Waals surface area contributed by atoms with Gasteiger partial charge in [0.2, 0.25) is 11.9 Å². The van der Waals surface area contributed by atoms with E-state index in [1.54, 1.807) is 23.1 Å². The highest BCUT2D eigenvalue weighted by Gasteiger charge is 2.34. The zero-order chi connectivity index (χ0) is 29.1. The lowest BCUT2D eigenvalue weighted by Gasteiger charge is -2.27. The van der Waals surface area contributed by atoms with Crippen molar-refractivity contribution in [1.82, 2.24) is 24.3 Å². The van der Waals surface area contributed by atoms with Crippen LogP contribution >= 0.6 is 0 Å². The number of likely N-dealkylation sites (N-methyl/N-ethyl adjacent to an activating group) is 1. The van der Waals surface area contributed by atoms with Gasteiger partial charge in [-0.05, 0) is 57.6 Å². The summed E-state index contributed by atoms with van der Waals surface area (Å²) in [5.41, 5.74) is -0.274. The van der Waals surface area contributed by atoms with Crippen molar-refractivity contribution < 1.29 is 32.2 Å². The van der Waals surface area contributed by atoms with Gasteiger partial charge in [0.1, 0.15) is 24.4 Å². The van der Waals surface area contributed by atoms with Crippen molar-refractivity contribution >= 4 is 28.8 Å². The number of carbonyl (C=O) groups excluding carboxylic acids is 2. The first-order chi connectivity index (χ1) is 19.6. The molecule has 1 N–H and O–H groups in total. The lowest BCUT2D eigenvalue weighted by Crippen LogP contribution is -2.35. The Morgan fingerprint density at radius 1 is 1.17 bits per heavy atom. The first kappa shape index (κ1) is 28.4. The number of nitrogens with zero attached hydrogens (tertiary/aromatic N) is 5. The number of likely N-dealkylation sites (tertiary alicyclic amines) is 1. The molecule has 2 aliphatic heterocycles. The monoisotopic (exact) mass is 572 g/mol. The third-order valence-corrected chi connectivity index (χ3v) is 6.95. The van der Waals surface area contributed by atoms with E-state index in [2.05, 4.69) is 15.3 Å². The fourth-order valence-corrected chi connectivity index (χ4v) is 5.03. The summed E-state index contributed by atoms with van der Waals surface area (Å²) >= 11 is 0. The summed E-state index contributed by atoms with van der Waals surface area (Å²) in [5, 5.41) is 2.71. The Kier molecular flexibility index (Phi) is 8.15. The molecular formula is C28H31F3N6O4. The molecule has 1 saturated heterocycles. The van der Waals surface area contributed by atoms with Crippen LogP contribution < -0.4 is 14.8 Å². The number of alkyl halides is 3. The standard InChI is InChI=1S/C28H31F3N6O4/c1-35(2)12-5-7-23(38)36-13-4-3-6-19(17-36)37-24-20(8-9-21-25(24)41-15-14-40-21)33-27(37)34-26(39)18-10-11-32-22(16-18)28(29,30)31/h5,7-11,16,19H,3-4,6,12-15,17H2,1-2H3,(H,33,34,39)/b7-5+/t19-/m1/s1. The maximum atomic E-state index is 13.2. The molecular weight excluding hydrogens is 541 g/mol. The molecule has 2 aliphatic rings. The van der Waals surface area contributed by atoms with Crippen molar-refractivity contribution in [3.05, 3.63) is 53.9 Å². The number of imidazole rings is 1. The van der Waals surface area contributed by atoms with E-state index < -0.39 is 17.8 Å². The number of halogens is 3. The van der Waals surface area contributed by atoms with E-state index in [0.29, 0.717) is 67.9 Å². The number of nitrogens with one attached hydrogen (secondary N) is 1. The molecule has 218 valence electrons. The van der Waals surface area contributed by atoms with Gasteiger partial charge < -0.3 is 23.8 Å². The van der Waals surface area contributed by atoms with Gasteiger partial charge in [0.15, 0.2) is 11.5 Å². The van der Waals surface area contributed by atoms with Crippen LogP contribution in [0.2, 0.25) is 0 Å². The molecule has 5 rings (SSSR count). The molecule has 0 spiro atoms. The molecule has 10 nitrogen and oxygen atoms in total. The molecule has 1 atom stereocenters. The van der Waals surface area contributed by atoms with Crippen LogP contribution in [0.25, 0.3) is 11.0 Å². The summed E-state index contributed by atoms with van der Waals surface area (Å²) in [6.45, 7) is 2.25. The molecule has 1 fully saturated rings. The molecule has 4 heterocycles. The van der Waals surface area contributed by atoms with E-state index in [1.807, 2.05) is 29.6 Å². The van der Waals surface area contributed by atoms with Crippen LogP contribution in [-0.4, -0.2) is 83.1 Å². The topological polar surface area (TPSA) is 102 Å². The Morgan fingerprint density at radius 3 is 2.76 bits per heavy atom. The average Bonchev–Trinajstić information content (AvgIpc) is 3.13. The smallest absolute Gasteiger partial charge is 0.433 e. The molecule has 41 heavy (non-hydrogen) atoms. The van der Waals surface area contributed by atoms with Gasteiger partial charge in [-0.25, -0.2) is 4.98 Å². The Bertz CT molecular complexity index is 1470. The number of amides is 2. The number of anilines is 1. The zero-order valence-electron chi connectivity index (χ0n) is 22.8. The minimum Gasteiger partial charge on any atom is -0.486 e. The van der Waals surface area contributed by atoms with Crippen molar-refractivity contribution in [3.63, 3.8) is 0 Å². The Balaban J connectivity index is 1.53. The van der Waals surface area contributed by atoms with Gasteiger partial charge >= 0.3 is 6.18 Å². The maximum Gasteiger partial charge on any atom is 0.433 e. The fraction of sp³-hybridized carbons (Fsp3) is 0.429. The van der Waals surface area contributed by atoms with E-state index in [9.17, 15) is 22.8 Å². The lowest BCUT2D eigenvalue weighted by atomic mass is 10.1. The molecule has 0 aliphatic carbocycles. The second-order valence-electron chi connectivity index (χ2n) is 10.2. The third kappa shape index (κ3) is 6.29. The minimum atomic E-state index is -4.70. The van der Waals surface area contributed by atoms with Crippen molar-refractivity contribution in [2.24, 2.45) is 0 Å². The van der Waals surface area contributed by atoms with Gasteiger partial charge in [-0.3, -0.25) is 19.9 Å². The Hall–Kier alpha value is -4.13. The van der Waals surface area contributed by atoms with E-state index in [1.165, 1.54) is 6.07 Å². The number of benzene rings is 1. The van der Waals surface area contributed by atoms with E-state index >= 15 is 0 Å². The lowest BCUT2D eigenvalue weighted by molar-refractivity contribution is -0.141. The van der Waals surface area contributed by atoms with E-state index in [4.69, 9.17) is 9.47 Å². The second-order valence-corrected chi connectivity index (χ2v) is 10.2. The van der Waals surface area contributed by atoms with Gasteiger partial charge in [-0.1, -0.05) is 6.08 Å². The summed E-state index contributed by atoms with van der Waals surface area (Å²) in [7, 11) is 3.83. The van der Waals surface area contributed by atoms with Crippen molar-refractivity contribution in [2.45, 2.75) is 31.5 Å². The van der Waals surface area contributed by atoms with Gasteiger partial charge in [-0.2, -0.15) is 13.2 Å². The highest BCUT2D eigenvalue weighted by Crippen LogP contribution is 2.41. The molecule has 0 saturated carbocycles. The number of rotatable bonds is 6. The molecule has 2 aromatic heterocycles. The van der Waals surface area contributed by atoms with Crippen LogP contribution in [0.3, 0.4) is 0 Å². The van der Waals surface area contributed by atoms with E-state index in [-0.39, 0.29) is 23.5 Å². The largest absolute Gasteiger partial charge is 0.486 e. The first-order valence-electron chi connectivity index (χ1n) is 13.4. The van der Waals surface area contributed by atoms with Gasteiger partial charge in [0.05, 0.1) is 11.6 Å². The third-order valence-electron chi connectivity index (χ3n) is 6.95. The number of aromatic nitrogens is 3. The minimum absolute atomic E-state index is 0.119. The predicted octanol–water partition coefficient (Wildman–Crippen LogP) is 4.15. The number of ether oxygens (including phenoxy) is 2. The number of hydrogen-bond acceptors (Lipinski definition) is 7. The van der Waals surface area contributed by atoms with Gasteiger partial charge in [-0.15, -0.1) is 0 Å². The fourth-order valence-electron chi connectivity index (χ4n) is 5.03. The van der Waals surface area contributed by atoms with Crippen LogP contribution in [0.15, 0.2) is 42.6 Å². The zero-order valence-corrected chi connectivity index (χ0v) is 22.8. The van der Waals surface area contributed by atoms with Crippen LogP contribution in [0.5, 0.6) is 11.5 Å². The quantitative estimate of drug-likeness (QED) is 0.443. The summed E-state index contributed by atoms with van der Waals surface area (Å²) in [6.07, 6.45) is 1.92. The van der Waals surface area contributed by atoms with Crippen molar-refractivity contribution in [1.29, 1.82) is 0 Å². The normalized spacial score (nSPS) is 17.7. The van der Waals surface area contributed by atoms with Crippen LogP contribution in [-0.2, 0) is 11.0 Å². The molecule has 3 aromatic rings. The molecule has 0 bridgehead atoms. The number of hydrogen-bond donors (Lipinski definition) is 1. The number of fused-ring (bicyclic) bond motifs is 3. The second kappa shape index (κ2) is 11.8. The first-order valence-corrected chi connectivity index (χ1v) is 13.4. The number of carbonyl (C=O) groups is 2. The van der Waals surface area contributed by atoms with Crippen LogP contribution in [0.4, 0.5) is 19.1 Å². The summed E-state index contributed by atoms with van der Waals surface area (Å²) in [5.74, 6) is 0.249. The summed E-state index contributed by atoms with van der Waals surface area (Å²) in [4.78, 5) is 38.0. The predicted molar refractivity (Wildman–Crippen MR) is 145 cm³/mol. The van der Waals surface area contributed by atoms with E-state index in [0.717, 1.165) is 19.0 Å². The molecule has 0 unspecified atom stereocenters. The molecule has 13 heteroatoms. The molecule has 1 aromatic carbocycles. The highest BCUT2D eigenvalue weighted by atomic mass is 19.4. The SMILES string of the molecule is CN(C)C/C=C/C(=O)N1CCCC[C@@H](n2c(NC(=O)c3ccnc(C(F)(F)F)c3)nc3ccc4c(c32)OCCO4)C1. The highest BCUT2D eigenvalue weighted by molar-refractivity contribution is 6.04.